The molecule has 2 rings (SSSR count). The van der Waals surface area contributed by atoms with Gasteiger partial charge in [0.25, 0.3) is 0 Å². The fraction of sp³-hybridized carbons (Fsp3) is 0.714. The summed E-state index contributed by atoms with van der Waals surface area (Å²) in [5.74, 6) is 1.41. The van der Waals surface area contributed by atoms with Crippen LogP contribution in [0.5, 0.6) is 0 Å². The van der Waals surface area contributed by atoms with Crippen molar-refractivity contribution in [3.05, 3.63) is 10.7 Å². The molecule has 5 nitrogen and oxygen atoms in total. The summed E-state index contributed by atoms with van der Waals surface area (Å²) in [5.41, 5.74) is 0.000980. The van der Waals surface area contributed by atoms with Crippen LogP contribution in [-0.2, 0) is 0 Å². The summed E-state index contributed by atoms with van der Waals surface area (Å²) >= 11 is 3.47. The molecule has 0 radical (unpaired) electrons. The number of nitrogens with one attached hydrogen (secondary N) is 2. The second kappa shape index (κ2) is 7.22. The van der Waals surface area contributed by atoms with Gasteiger partial charge in [0.1, 0.15) is 5.82 Å². The maximum Gasteiger partial charge on any atom is 0.224 e. The van der Waals surface area contributed by atoms with Crippen molar-refractivity contribution in [2.45, 2.75) is 39.0 Å². The van der Waals surface area contributed by atoms with Gasteiger partial charge in [0.05, 0.1) is 11.1 Å². The lowest BCUT2D eigenvalue weighted by atomic mass is 9.74. The highest BCUT2D eigenvalue weighted by atomic mass is 79.9. The largest absolute Gasteiger partial charge is 0.396 e. The third-order valence-corrected chi connectivity index (χ3v) is 4.54. The van der Waals surface area contributed by atoms with Crippen molar-refractivity contribution in [2.24, 2.45) is 5.41 Å². The molecular weight excluding hydrogens is 320 g/mol. The van der Waals surface area contributed by atoms with Gasteiger partial charge in [-0.05, 0) is 35.7 Å². The van der Waals surface area contributed by atoms with Gasteiger partial charge in [-0.25, -0.2) is 4.98 Å². The standard InChI is InChI=1S/C14H23BrN4O/c1-2-16-13-17-8-11(15)12(19-13)18-9-14(10-20)6-4-3-5-7-14/h8,20H,2-7,9-10H2,1H3,(H2,16,17,18,19). The van der Waals surface area contributed by atoms with E-state index in [2.05, 4.69) is 36.5 Å². The van der Waals surface area contributed by atoms with Gasteiger partial charge in [-0.1, -0.05) is 19.3 Å². The van der Waals surface area contributed by atoms with Crippen molar-refractivity contribution < 1.29 is 5.11 Å². The van der Waals surface area contributed by atoms with Gasteiger partial charge in [0, 0.05) is 24.7 Å². The first kappa shape index (κ1) is 15.5. The fourth-order valence-corrected chi connectivity index (χ4v) is 3.03. The maximum absolute atomic E-state index is 9.73. The molecule has 0 spiro atoms. The van der Waals surface area contributed by atoms with Crippen LogP contribution in [0.1, 0.15) is 39.0 Å². The Bertz CT molecular complexity index is 435. The Labute approximate surface area is 128 Å². The van der Waals surface area contributed by atoms with Crippen molar-refractivity contribution in [1.82, 2.24) is 9.97 Å². The molecule has 1 aromatic rings. The highest BCUT2D eigenvalue weighted by Gasteiger charge is 2.31. The number of hydrogen-bond donors (Lipinski definition) is 3. The molecule has 0 amide bonds. The lowest BCUT2D eigenvalue weighted by Crippen LogP contribution is -2.35. The minimum Gasteiger partial charge on any atom is -0.396 e. The Morgan fingerprint density at radius 2 is 2.05 bits per heavy atom. The topological polar surface area (TPSA) is 70.1 Å². The number of aromatic nitrogens is 2. The van der Waals surface area contributed by atoms with Crippen LogP contribution in [0.4, 0.5) is 11.8 Å². The quantitative estimate of drug-likeness (QED) is 0.741. The maximum atomic E-state index is 9.73. The number of aliphatic hydroxyl groups excluding tert-OH is 1. The first-order valence-corrected chi connectivity index (χ1v) is 8.09. The number of aliphatic hydroxyl groups is 1. The Hall–Kier alpha value is -0.880. The van der Waals surface area contributed by atoms with Gasteiger partial charge in [0.2, 0.25) is 5.95 Å². The summed E-state index contributed by atoms with van der Waals surface area (Å²) < 4.78 is 0.850. The molecule has 0 bridgehead atoms. The zero-order valence-corrected chi connectivity index (χ0v) is 13.5. The Morgan fingerprint density at radius 3 is 2.70 bits per heavy atom. The van der Waals surface area contributed by atoms with Gasteiger partial charge in [-0.3, -0.25) is 0 Å². The van der Waals surface area contributed by atoms with Crippen molar-refractivity contribution in [1.29, 1.82) is 0 Å². The first-order chi connectivity index (χ1) is 9.69. The molecule has 0 atom stereocenters. The van der Waals surface area contributed by atoms with Crippen molar-refractivity contribution >= 4 is 27.7 Å². The second-order valence-electron chi connectivity index (χ2n) is 5.49. The molecule has 6 heteroatoms. The number of halogens is 1. The number of hydrogen-bond acceptors (Lipinski definition) is 5. The molecule has 1 heterocycles. The van der Waals surface area contributed by atoms with Crippen LogP contribution in [0.15, 0.2) is 10.7 Å². The van der Waals surface area contributed by atoms with E-state index in [-0.39, 0.29) is 12.0 Å². The summed E-state index contributed by atoms with van der Waals surface area (Å²) in [6.45, 7) is 3.80. The molecule has 112 valence electrons. The van der Waals surface area contributed by atoms with E-state index in [4.69, 9.17) is 0 Å². The van der Waals surface area contributed by atoms with Crippen LogP contribution >= 0.6 is 15.9 Å². The second-order valence-corrected chi connectivity index (χ2v) is 6.35. The zero-order chi connectivity index (χ0) is 14.4. The molecule has 1 saturated carbocycles. The van der Waals surface area contributed by atoms with E-state index in [1.54, 1.807) is 6.20 Å². The number of nitrogens with zero attached hydrogens (tertiary/aromatic N) is 2. The summed E-state index contributed by atoms with van der Waals surface area (Å²) in [5, 5.41) is 16.2. The number of rotatable bonds is 6. The molecule has 20 heavy (non-hydrogen) atoms. The Morgan fingerprint density at radius 1 is 1.30 bits per heavy atom. The van der Waals surface area contributed by atoms with Crippen molar-refractivity contribution in [3.63, 3.8) is 0 Å². The molecule has 1 aromatic heterocycles. The lowest BCUT2D eigenvalue weighted by molar-refractivity contribution is 0.0943. The minimum atomic E-state index is 0.000980. The lowest BCUT2D eigenvalue weighted by Gasteiger charge is -2.35. The third-order valence-electron chi connectivity index (χ3n) is 3.96. The molecule has 0 aliphatic heterocycles. The normalized spacial score (nSPS) is 17.8. The minimum absolute atomic E-state index is 0.000980. The van der Waals surface area contributed by atoms with E-state index in [0.29, 0.717) is 5.95 Å². The van der Waals surface area contributed by atoms with E-state index in [0.717, 1.165) is 36.2 Å². The summed E-state index contributed by atoms with van der Waals surface area (Å²) in [6, 6.07) is 0. The van der Waals surface area contributed by atoms with Crippen molar-refractivity contribution in [3.8, 4) is 0 Å². The van der Waals surface area contributed by atoms with Crippen LogP contribution in [0, 0.1) is 5.41 Å². The molecule has 1 aliphatic rings. The van der Waals surface area contributed by atoms with E-state index in [9.17, 15) is 5.11 Å². The van der Waals surface area contributed by atoms with E-state index in [1.807, 2.05) is 6.92 Å². The van der Waals surface area contributed by atoms with Crippen LogP contribution in [-0.4, -0.2) is 34.8 Å². The average Bonchev–Trinajstić information content (AvgIpc) is 2.49. The van der Waals surface area contributed by atoms with Gasteiger partial charge in [0.15, 0.2) is 0 Å². The Balaban J connectivity index is 2.03. The average molecular weight is 343 g/mol. The zero-order valence-electron chi connectivity index (χ0n) is 12.0. The first-order valence-electron chi connectivity index (χ1n) is 7.30. The number of anilines is 2. The highest BCUT2D eigenvalue weighted by molar-refractivity contribution is 9.10. The van der Waals surface area contributed by atoms with E-state index >= 15 is 0 Å². The van der Waals surface area contributed by atoms with E-state index in [1.165, 1.54) is 19.3 Å². The fourth-order valence-electron chi connectivity index (χ4n) is 2.70. The highest BCUT2D eigenvalue weighted by Crippen LogP contribution is 2.36. The monoisotopic (exact) mass is 342 g/mol. The Kier molecular flexibility index (Phi) is 5.60. The summed E-state index contributed by atoms with van der Waals surface area (Å²) in [7, 11) is 0. The molecule has 0 aromatic carbocycles. The summed E-state index contributed by atoms with van der Waals surface area (Å²) in [6.07, 6.45) is 7.60. The van der Waals surface area contributed by atoms with Crippen LogP contribution < -0.4 is 10.6 Å². The predicted octanol–water partition coefficient (Wildman–Crippen LogP) is 3.03. The summed E-state index contributed by atoms with van der Waals surface area (Å²) in [4.78, 5) is 8.65. The van der Waals surface area contributed by atoms with Gasteiger partial charge in [-0.2, -0.15) is 4.98 Å². The van der Waals surface area contributed by atoms with Gasteiger partial charge in [-0.15, -0.1) is 0 Å². The SMILES string of the molecule is CCNc1ncc(Br)c(NCC2(CO)CCCCC2)n1. The molecule has 3 N–H and O–H groups in total. The van der Waals surface area contributed by atoms with Crippen LogP contribution in [0.3, 0.4) is 0 Å². The molecule has 0 unspecified atom stereocenters. The van der Waals surface area contributed by atoms with Gasteiger partial charge < -0.3 is 15.7 Å². The van der Waals surface area contributed by atoms with Crippen LogP contribution in [0.2, 0.25) is 0 Å². The third kappa shape index (κ3) is 3.82. The van der Waals surface area contributed by atoms with E-state index < -0.39 is 0 Å². The molecule has 1 fully saturated rings. The van der Waals surface area contributed by atoms with Crippen molar-refractivity contribution in [2.75, 3.05) is 30.3 Å². The smallest absolute Gasteiger partial charge is 0.224 e. The molecular formula is C14H23BrN4O. The predicted molar refractivity (Wildman–Crippen MR) is 85.0 cm³/mol. The molecule has 0 saturated heterocycles. The van der Waals surface area contributed by atoms with Gasteiger partial charge >= 0.3 is 0 Å². The molecule has 1 aliphatic carbocycles. The van der Waals surface area contributed by atoms with Crippen LogP contribution in [0.25, 0.3) is 0 Å².